The molecule has 3 rings (SSSR count). The molecule has 2 amide bonds. The summed E-state index contributed by atoms with van der Waals surface area (Å²) in [5.74, 6) is -1.38. The molecule has 2 aliphatic heterocycles. The molecule has 3 atom stereocenters. The zero-order chi connectivity index (χ0) is 18.4. The highest BCUT2D eigenvalue weighted by Crippen LogP contribution is 2.48. The van der Waals surface area contributed by atoms with Crippen molar-refractivity contribution in [2.75, 3.05) is 18.1 Å². The Morgan fingerprint density at radius 3 is 2.52 bits per heavy atom. The minimum Gasteiger partial charge on any atom is -0.394 e. The van der Waals surface area contributed by atoms with Crippen LogP contribution in [0, 0.1) is 0 Å². The number of aliphatic hydroxyl groups excluding tert-OH is 1. The van der Waals surface area contributed by atoms with E-state index in [1.165, 1.54) is 4.90 Å². The summed E-state index contributed by atoms with van der Waals surface area (Å²) in [4.78, 5) is 27.0. The summed E-state index contributed by atoms with van der Waals surface area (Å²) >= 11 is 0. The molecule has 0 spiro atoms. The molecule has 136 valence electrons. The second-order valence-electron chi connectivity index (χ2n) is 6.35. The average molecular weight is 356 g/mol. The minimum atomic E-state index is -4.59. The number of hydrogen-bond donors (Lipinski definition) is 1. The Hall–Kier alpha value is -2.09. The summed E-state index contributed by atoms with van der Waals surface area (Å²) in [6.45, 7) is 1.48. The molecule has 2 heterocycles. The number of anilines is 1. The van der Waals surface area contributed by atoms with Crippen LogP contribution in [0.3, 0.4) is 0 Å². The highest BCUT2D eigenvalue weighted by Gasteiger charge is 2.55. The van der Waals surface area contributed by atoms with Crippen LogP contribution >= 0.6 is 0 Å². The van der Waals surface area contributed by atoms with Gasteiger partial charge < -0.3 is 14.9 Å². The molecule has 25 heavy (non-hydrogen) atoms. The molecule has 0 aliphatic carbocycles. The molecule has 0 bridgehead atoms. The van der Waals surface area contributed by atoms with Gasteiger partial charge in [0.2, 0.25) is 11.8 Å². The second kappa shape index (κ2) is 6.33. The fourth-order valence-corrected chi connectivity index (χ4v) is 3.92. The fraction of sp³-hybridized carbons (Fsp3) is 0.529. The van der Waals surface area contributed by atoms with Crippen molar-refractivity contribution in [2.45, 2.75) is 43.9 Å². The van der Waals surface area contributed by atoms with Crippen molar-refractivity contribution in [3.05, 3.63) is 29.8 Å². The third kappa shape index (κ3) is 2.99. The summed E-state index contributed by atoms with van der Waals surface area (Å²) in [5, 5.41) is 9.67. The highest BCUT2D eigenvalue weighted by molar-refractivity contribution is 5.96. The highest BCUT2D eigenvalue weighted by atomic mass is 19.4. The number of alkyl halides is 3. The summed E-state index contributed by atoms with van der Waals surface area (Å²) in [7, 11) is 0. The molecule has 1 fully saturated rings. The van der Waals surface area contributed by atoms with E-state index in [0.29, 0.717) is 11.3 Å². The van der Waals surface area contributed by atoms with Gasteiger partial charge in [0.1, 0.15) is 6.42 Å². The zero-order valence-electron chi connectivity index (χ0n) is 13.7. The van der Waals surface area contributed by atoms with Crippen LogP contribution in [0.5, 0.6) is 0 Å². The monoisotopic (exact) mass is 356 g/mol. The van der Waals surface area contributed by atoms with Crippen molar-refractivity contribution in [1.82, 2.24) is 4.90 Å². The van der Waals surface area contributed by atoms with E-state index in [4.69, 9.17) is 0 Å². The smallest absolute Gasteiger partial charge is 0.394 e. The van der Waals surface area contributed by atoms with Crippen LogP contribution in [-0.2, 0) is 9.59 Å². The molecule has 1 N–H and O–H groups in total. The lowest BCUT2D eigenvalue weighted by molar-refractivity contribution is -0.156. The van der Waals surface area contributed by atoms with Crippen molar-refractivity contribution in [3.8, 4) is 0 Å². The summed E-state index contributed by atoms with van der Waals surface area (Å²) in [5.41, 5.74) is 1.13. The SMILES string of the molecule is CCC(=O)N1[C@H](CO)[C@H]2c3ccccc3N(C(=O)CC(F)(F)F)C[C@H]21. The van der Waals surface area contributed by atoms with Gasteiger partial charge in [0, 0.05) is 24.6 Å². The normalized spacial score (nSPS) is 25.1. The number of hydrogen-bond acceptors (Lipinski definition) is 3. The molecule has 1 aromatic carbocycles. The molecule has 0 aromatic heterocycles. The fourth-order valence-electron chi connectivity index (χ4n) is 3.92. The van der Waals surface area contributed by atoms with E-state index in [0.717, 1.165) is 4.90 Å². The number of rotatable bonds is 3. The molecular weight excluding hydrogens is 337 g/mol. The van der Waals surface area contributed by atoms with E-state index in [2.05, 4.69) is 0 Å². The van der Waals surface area contributed by atoms with Crippen LogP contribution in [-0.4, -0.2) is 53.2 Å². The minimum absolute atomic E-state index is 0.0127. The van der Waals surface area contributed by atoms with Crippen molar-refractivity contribution >= 4 is 17.5 Å². The van der Waals surface area contributed by atoms with Gasteiger partial charge in [-0.1, -0.05) is 25.1 Å². The standard InChI is InChI=1S/C17H19F3N2O3/c1-2-14(24)22-12-8-21(15(25)7-17(18,19)20)11-6-4-3-5-10(11)16(12)13(22)9-23/h3-6,12-13,16,23H,2,7-9H2,1H3/t12-,13-,16+/m1/s1. The van der Waals surface area contributed by atoms with Gasteiger partial charge in [-0.25, -0.2) is 0 Å². The van der Waals surface area contributed by atoms with E-state index in [-0.39, 0.29) is 31.4 Å². The Kier molecular flexibility index (Phi) is 4.49. The maximum absolute atomic E-state index is 12.7. The molecule has 0 saturated carbocycles. The van der Waals surface area contributed by atoms with Gasteiger partial charge in [0.25, 0.3) is 0 Å². The number of nitrogens with zero attached hydrogens (tertiary/aromatic N) is 2. The number of amides is 2. The maximum Gasteiger partial charge on any atom is 0.397 e. The van der Waals surface area contributed by atoms with E-state index in [1.807, 2.05) is 0 Å². The van der Waals surface area contributed by atoms with Gasteiger partial charge in [-0.2, -0.15) is 13.2 Å². The summed E-state index contributed by atoms with van der Waals surface area (Å²) in [6, 6.07) is 5.95. The molecule has 1 aromatic rings. The van der Waals surface area contributed by atoms with Crippen LogP contribution in [0.25, 0.3) is 0 Å². The lowest BCUT2D eigenvalue weighted by Gasteiger charge is -2.59. The first-order valence-corrected chi connectivity index (χ1v) is 8.16. The topological polar surface area (TPSA) is 60.9 Å². The number of carbonyl (C=O) groups is 2. The largest absolute Gasteiger partial charge is 0.397 e. The zero-order valence-corrected chi connectivity index (χ0v) is 13.7. The number of halogens is 3. The molecule has 0 radical (unpaired) electrons. The van der Waals surface area contributed by atoms with Crippen LogP contribution in [0.4, 0.5) is 18.9 Å². The van der Waals surface area contributed by atoms with E-state index in [9.17, 15) is 27.9 Å². The predicted molar refractivity (Wildman–Crippen MR) is 84.0 cm³/mol. The first-order valence-electron chi connectivity index (χ1n) is 8.16. The van der Waals surface area contributed by atoms with Crippen molar-refractivity contribution in [1.29, 1.82) is 0 Å². The van der Waals surface area contributed by atoms with Gasteiger partial charge >= 0.3 is 6.18 Å². The van der Waals surface area contributed by atoms with Crippen LogP contribution in [0.2, 0.25) is 0 Å². The third-order valence-corrected chi connectivity index (χ3v) is 4.93. The molecule has 8 heteroatoms. The van der Waals surface area contributed by atoms with Gasteiger partial charge in [-0.15, -0.1) is 0 Å². The summed E-state index contributed by atoms with van der Waals surface area (Å²) in [6.07, 6.45) is -5.89. The van der Waals surface area contributed by atoms with Gasteiger partial charge in [-0.3, -0.25) is 9.59 Å². The van der Waals surface area contributed by atoms with Crippen LogP contribution in [0.1, 0.15) is 31.2 Å². The number of para-hydroxylation sites is 1. The number of likely N-dealkylation sites (tertiary alicyclic amines) is 1. The lowest BCUT2D eigenvalue weighted by atomic mass is 9.71. The molecule has 0 unspecified atom stereocenters. The number of fused-ring (bicyclic) bond motifs is 3. The number of carbonyl (C=O) groups excluding carboxylic acids is 2. The second-order valence-corrected chi connectivity index (χ2v) is 6.35. The Morgan fingerprint density at radius 1 is 1.24 bits per heavy atom. The van der Waals surface area contributed by atoms with Gasteiger partial charge in [-0.05, 0) is 11.6 Å². The summed E-state index contributed by atoms with van der Waals surface area (Å²) < 4.78 is 38.0. The molecular formula is C17H19F3N2O3. The molecule has 5 nitrogen and oxygen atoms in total. The van der Waals surface area contributed by atoms with E-state index in [1.54, 1.807) is 31.2 Å². The molecule has 2 aliphatic rings. The Morgan fingerprint density at radius 2 is 1.92 bits per heavy atom. The first-order chi connectivity index (χ1) is 11.8. The molecule has 1 saturated heterocycles. The quantitative estimate of drug-likeness (QED) is 0.902. The first kappa shape index (κ1) is 17.7. The van der Waals surface area contributed by atoms with E-state index < -0.39 is 30.6 Å². The van der Waals surface area contributed by atoms with Gasteiger partial charge in [0.15, 0.2) is 0 Å². The van der Waals surface area contributed by atoms with E-state index >= 15 is 0 Å². The third-order valence-electron chi connectivity index (χ3n) is 4.93. The Labute approximate surface area is 143 Å². The number of benzene rings is 1. The average Bonchev–Trinajstić information content (AvgIpc) is 2.53. The van der Waals surface area contributed by atoms with Crippen molar-refractivity contribution in [3.63, 3.8) is 0 Å². The Balaban J connectivity index is 1.96. The predicted octanol–water partition coefficient (Wildman–Crippen LogP) is 2.05. The lowest BCUT2D eigenvalue weighted by Crippen LogP contribution is -2.70. The van der Waals surface area contributed by atoms with Gasteiger partial charge in [0.05, 0.1) is 18.7 Å². The van der Waals surface area contributed by atoms with Crippen molar-refractivity contribution < 1.29 is 27.9 Å². The maximum atomic E-state index is 12.7. The van der Waals surface area contributed by atoms with Crippen LogP contribution in [0.15, 0.2) is 24.3 Å². The number of aliphatic hydroxyl groups is 1. The van der Waals surface area contributed by atoms with Crippen LogP contribution < -0.4 is 4.90 Å². The Bertz CT molecular complexity index is 692. The van der Waals surface area contributed by atoms with Crippen molar-refractivity contribution in [2.24, 2.45) is 0 Å².